The van der Waals surface area contributed by atoms with Crippen LogP contribution in [0.25, 0.3) is 0 Å². The highest BCUT2D eigenvalue weighted by Gasteiger charge is 2.28. The lowest BCUT2D eigenvalue weighted by molar-refractivity contribution is -0.123. The summed E-state index contributed by atoms with van der Waals surface area (Å²) in [5.74, 6) is 0.159. The molecule has 2 aromatic carbocycles. The average molecular weight is 589 g/mol. The minimum atomic E-state index is -0.924. The Morgan fingerprint density at radius 2 is 1.67 bits per heavy atom. The normalized spacial score (nSPS) is 20.1. The molecule has 1 heterocycles. The molecule has 5 rings (SSSR count). The second kappa shape index (κ2) is 15.0. The van der Waals surface area contributed by atoms with Gasteiger partial charge in [-0.25, -0.2) is 0 Å². The zero-order valence-corrected chi connectivity index (χ0v) is 25.5. The van der Waals surface area contributed by atoms with Gasteiger partial charge in [0.15, 0.2) is 0 Å². The molecule has 3 fully saturated rings. The number of aliphatic hydroxyl groups is 1. The molecule has 1 aliphatic heterocycles. The van der Waals surface area contributed by atoms with Crippen molar-refractivity contribution < 1.29 is 19.5 Å². The van der Waals surface area contributed by atoms with Crippen molar-refractivity contribution >= 4 is 23.4 Å². The predicted molar refractivity (Wildman–Crippen MR) is 169 cm³/mol. The SMILES string of the molecule is C[C@H](NC[C@@H](O)[C@H](Cc1ccccc1)NC(=O)c1cc(C2CCCC2)cc(N2CCCC2=O)c1)C(=O)NC1CCCCC1. The van der Waals surface area contributed by atoms with Crippen LogP contribution in [0.3, 0.4) is 0 Å². The summed E-state index contributed by atoms with van der Waals surface area (Å²) in [6.07, 6.45) is 10.9. The van der Waals surface area contributed by atoms with Crippen molar-refractivity contribution in [3.63, 3.8) is 0 Å². The first-order valence-electron chi connectivity index (χ1n) is 16.4. The van der Waals surface area contributed by atoms with Crippen LogP contribution in [0.4, 0.5) is 5.69 Å². The summed E-state index contributed by atoms with van der Waals surface area (Å²) in [6, 6.07) is 14.9. The molecule has 3 amide bonds. The van der Waals surface area contributed by atoms with E-state index in [1.165, 1.54) is 19.3 Å². The number of anilines is 1. The zero-order chi connectivity index (χ0) is 30.2. The van der Waals surface area contributed by atoms with Gasteiger partial charge in [-0.1, -0.05) is 62.4 Å². The van der Waals surface area contributed by atoms with Crippen LogP contribution in [0.15, 0.2) is 48.5 Å². The number of hydrogen-bond donors (Lipinski definition) is 4. The van der Waals surface area contributed by atoms with Gasteiger partial charge in [-0.3, -0.25) is 14.4 Å². The predicted octanol–water partition coefficient (Wildman–Crippen LogP) is 4.60. The Balaban J connectivity index is 1.29. The van der Waals surface area contributed by atoms with Crippen molar-refractivity contribution in [3.8, 4) is 0 Å². The van der Waals surface area contributed by atoms with E-state index in [4.69, 9.17) is 0 Å². The third-order valence-corrected chi connectivity index (χ3v) is 9.47. The smallest absolute Gasteiger partial charge is 0.251 e. The Morgan fingerprint density at radius 3 is 2.37 bits per heavy atom. The van der Waals surface area contributed by atoms with Crippen LogP contribution in [-0.2, 0) is 16.0 Å². The van der Waals surface area contributed by atoms with Gasteiger partial charge in [-0.05, 0) is 80.7 Å². The summed E-state index contributed by atoms with van der Waals surface area (Å²) in [4.78, 5) is 41.0. The van der Waals surface area contributed by atoms with Gasteiger partial charge in [0.05, 0.1) is 18.2 Å². The Kier molecular flexibility index (Phi) is 10.9. The monoisotopic (exact) mass is 588 g/mol. The molecule has 3 aliphatic rings. The fourth-order valence-electron chi connectivity index (χ4n) is 6.85. The average Bonchev–Trinajstić information content (AvgIpc) is 3.72. The first-order valence-corrected chi connectivity index (χ1v) is 16.4. The van der Waals surface area contributed by atoms with E-state index in [0.29, 0.717) is 30.9 Å². The molecular formula is C35H48N4O4. The molecule has 0 aromatic heterocycles. The minimum Gasteiger partial charge on any atom is -0.390 e. The van der Waals surface area contributed by atoms with Crippen LogP contribution in [-0.4, -0.2) is 60.1 Å². The van der Waals surface area contributed by atoms with E-state index in [9.17, 15) is 19.5 Å². The summed E-state index contributed by atoms with van der Waals surface area (Å²) in [7, 11) is 0. The van der Waals surface area contributed by atoms with Crippen molar-refractivity contribution in [2.24, 2.45) is 0 Å². The Morgan fingerprint density at radius 1 is 0.953 bits per heavy atom. The number of hydrogen-bond acceptors (Lipinski definition) is 5. The van der Waals surface area contributed by atoms with Gasteiger partial charge in [-0.2, -0.15) is 0 Å². The molecule has 1 saturated heterocycles. The second-order valence-electron chi connectivity index (χ2n) is 12.8. The molecule has 232 valence electrons. The lowest BCUT2D eigenvalue weighted by atomic mass is 9.94. The van der Waals surface area contributed by atoms with E-state index in [1.54, 1.807) is 4.90 Å². The summed E-state index contributed by atoms with van der Waals surface area (Å²) in [5.41, 5.74) is 3.41. The number of amides is 3. The zero-order valence-electron chi connectivity index (χ0n) is 25.5. The summed E-state index contributed by atoms with van der Waals surface area (Å²) in [6.45, 7) is 2.64. The van der Waals surface area contributed by atoms with Gasteiger partial charge in [0, 0.05) is 36.8 Å². The van der Waals surface area contributed by atoms with Gasteiger partial charge < -0.3 is 26.0 Å². The van der Waals surface area contributed by atoms with E-state index in [-0.39, 0.29) is 30.3 Å². The largest absolute Gasteiger partial charge is 0.390 e. The Labute approximate surface area is 256 Å². The molecular weight excluding hydrogens is 540 g/mol. The number of aliphatic hydroxyl groups excluding tert-OH is 1. The molecule has 2 aliphatic carbocycles. The van der Waals surface area contributed by atoms with Gasteiger partial charge in [0.2, 0.25) is 11.8 Å². The molecule has 43 heavy (non-hydrogen) atoms. The molecule has 2 saturated carbocycles. The molecule has 4 N–H and O–H groups in total. The minimum absolute atomic E-state index is 0.0598. The maximum absolute atomic E-state index is 13.8. The Bertz CT molecular complexity index is 1240. The van der Waals surface area contributed by atoms with Crippen LogP contribution < -0.4 is 20.9 Å². The standard InChI is InChI=1S/C35H48N4O4/c1-24(34(42)37-29-15-6-3-7-16-29)36-23-32(40)31(19-25-11-4-2-5-12-25)38-35(43)28-20-27(26-13-8-9-14-26)21-30(22-28)39-18-10-17-33(39)41/h2,4-5,11-12,20-22,24,26,29,31-32,36,40H,3,6-10,13-19,23H2,1H3,(H,37,42)(H,38,43)/t24-,31-,32+/m0/s1. The number of nitrogens with zero attached hydrogens (tertiary/aromatic N) is 1. The van der Waals surface area contributed by atoms with Crippen LogP contribution in [0.5, 0.6) is 0 Å². The number of carbonyl (C=O) groups is 3. The highest BCUT2D eigenvalue weighted by atomic mass is 16.3. The highest BCUT2D eigenvalue weighted by Crippen LogP contribution is 2.37. The molecule has 0 spiro atoms. The van der Waals surface area contributed by atoms with Crippen LogP contribution >= 0.6 is 0 Å². The third kappa shape index (κ3) is 8.45. The van der Waals surface area contributed by atoms with Gasteiger partial charge >= 0.3 is 0 Å². The van der Waals surface area contributed by atoms with Gasteiger partial charge in [-0.15, -0.1) is 0 Å². The van der Waals surface area contributed by atoms with E-state index < -0.39 is 18.2 Å². The molecule has 3 atom stereocenters. The molecule has 8 nitrogen and oxygen atoms in total. The molecule has 2 aromatic rings. The number of carbonyl (C=O) groups excluding carboxylic acids is 3. The van der Waals surface area contributed by atoms with E-state index in [1.807, 2.05) is 49.4 Å². The molecule has 0 radical (unpaired) electrons. The van der Waals surface area contributed by atoms with Crippen molar-refractivity contribution in [1.82, 2.24) is 16.0 Å². The lowest BCUT2D eigenvalue weighted by Crippen LogP contribution is -2.53. The molecule has 0 unspecified atom stereocenters. The van der Waals surface area contributed by atoms with Gasteiger partial charge in [0.25, 0.3) is 5.91 Å². The number of nitrogens with one attached hydrogen (secondary N) is 3. The van der Waals surface area contributed by atoms with Crippen molar-refractivity contribution in [2.75, 3.05) is 18.0 Å². The lowest BCUT2D eigenvalue weighted by Gasteiger charge is -2.28. The van der Waals surface area contributed by atoms with Crippen molar-refractivity contribution in [1.29, 1.82) is 0 Å². The molecule has 0 bridgehead atoms. The first-order chi connectivity index (χ1) is 20.9. The fourth-order valence-corrected chi connectivity index (χ4v) is 6.85. The highest BCUT2D eigenvalue weighted by molar-refractivity contribution is 5.99. The summed E-state index contributed by atoms with van der Waals surface area (Å²) >= 11 is 0. The maximum atomic E-state index is 13.8. The first kappa shape index (κ1) is 31.2. The van der Waals surface area contributed by atoms with E-state index >= 15 is 0 Å². The van der Waals surface area contributed by atoms with Crippen molar-refractivity contribution in [3.05, 3.63) is 65.2 Å². The maximum Gasteiger partial charge on any atom is 0.251 e. The van der Waals surface area contributed by atoms with E-state index in [0.717, 1.165) is 61.8 Å². The Hall–Kier alpha value is -3.23. The topological polar surface area (TPSA) is 111 Å². The van der Waals surface area contributed by atoms with Crippen LogP contribution in [0, 0.1) is 0 Å². The van der Waals surface area contributed by atoms with Crippen LogP contribution in [0.2, 0.25) is 0 Å². The summed E-state index contributed by atoms with van der Waals surface area (Å²) in [5, 5.41) is 20.8. The second-order valence-corrected chi connectivity index (χ2v) is 12.8. The summed E-state index contributed by atoms with van der Waals surface area (Å²) < 4.78 is 0. The van der Waals surface area contributed by atoms with Gasteiger partial charge in [0.1, 0.15) is 0 Å². The number of benzene rings is 2. The van der Waals surface area contributed by atoms with Crippen molar-refractivity contribution in [2.45, 2.75) is 114 Å². The van der Waals surface area contributed by atoms with E-state index in [2.05, 4.69) is 22.0 Å². The quantitative estimate of drug-likeness (QED) is 0.290. The number of rotatable bonds is 12. The van der Waals surface area contributed by atoms with Crippen LogP contribution in [0.1, 0.15) is 105 Å². The molecule has 8 heteroatoms. The fraction of sp³-hybridized carbons (Fsp3) is 0.571. The third-order valence-electron chi connectivity index (χ3n) is 9.47.